The number of hydrogen-bond acceptors (Lipinski definition) is 3. The molecule has 0 aliphatic carbocycles. The van der Waals surface area contributed by atoms with Gasteiger partial charge in [0.05, 0.1) is 12.2 Å². The maximum Gasteiger partial charge on any atom is 0.122 e. The Morgan fingerprint density at radius 3 is 2.76 bits per heavy atom. The molecule has 0 aromatic heterocycles. The highest BCUT2D eigenvalue weighted by atomic mass is 35.5. The summed E-state index contributed by atoms with van der Waals surface area (Å²) in [5, 5.41) is 0.732. The van der Waals surface area contributed by atoms with Crippen molar-refractivity contribution in [3.63, 3.8) is 0 Å². The third kappa shape index (κ3) is 5.03. The van der Waals surface area contributed by atoms with Crippen LogP contribution in [-0.4, -0.2) is 43.3 Å². The summed E-state index contributed by atoms with van der Waals surface area (Å²) in [6, 6.07) is 5.74. The fourth-order valence-corrected chi connectivity index (χ4v) is 2.95. The summed E-state index contributed by atoms with van der Waals surface area (Å²) >= 11 is 6.03. The molecular weight excluding hydrogens is 286 g/mol. The zero-order valence-corrected chi connectivity index (χ0v) is 13.6. The van der Waals surface area contributed by atoms with Crippen LogP contribution >= 0.6 is 11.6 Å². The largest absolute Gasteiger partial charge is 0.492 e. The molecule has 1 aromatic rings. The lowest BCUT2D eigenvalue weighted by Crippen LogP contribution is -2.46. The highest BCUT2D eigenvalue weighted by Gasteiger charge is 2.21. The Balaban J connectivity index is 1.87. The normalized spacial score (nSPS) is 23.0. The molecule has 0 N–H and O–H groups in total. The van der Waals surface area contributed by atoms with Gasteiger partial charge in [0.25, 0.3) is 0 Å². The number of ether oxygens (including phenoxy) is 2. The second-order valence-corrected chi connectivity index (χ2v) is 6.05. The summed E-state index contributed by atoms with van der Waals surface area (Å²) < 4.78 is 11.7. The van der Waals surface area contributed by atoms with Gasteiger partial charge in [-0.1, -0.05) is 17.7 Å². The summed E-state index contributed by atoms with van der Waals surface area (Å²) in [5.41, 5.74) is 1.08. The maximum absolute atomic E-state index is 6.03. The predicted octanol–water partition coefficient (Wildman–Crippen LogP) is 3.56. The fraction of sp³-hybridized carbons (Fsp3) is 0.529. The van der Waals surface area contributed by atoms with Crippen molar-refractivity contribution in [2.75, 3.05) is 26.2 Å². The van der Waals surface area contributed by atoms with Gasteiger partial charge in [-0.25, -0.2) is 0 Å². The Bertz CT molecular complexity index is 468. The summed E-state index contributed by atoms with van der Waals surface area (Å²) in [4.78, 5) is 2.39. The average Bonchev–Trinajstić information content (AvgIpc) is 2.40. The van der Waals surface area contributed by atoms with Crippen molar-refractivity contribution in [2.24, 2.45) is 0 Å². The van der Waals surface area contributed by atoms with E-state index in [1.54, 1.807) is 0 Å². The SMILES string of the molecule is C=CCc1cc(Cl)ccc1OCCN1C[C@H](C)O[C@@H](C)C1. The van der Waals surface area contributed by atoms with Crippen molar-refractivity contribution in [1.29, 1.82) is 0 Å². The Morgan fingerprint density at radius 1 is 1.38 bits per heavy atom. The van der Waals surface area contributed by atoms with Crippen molar-refractivity contribution < 1.29 is 9.47 Å². The average molecular weight is 310 g/mol. The molecule has 2 atom stereocenters. The third-order valence-corrected chi connectivity index (χ3v) is 3.78. The second-order valence-electron chi connectivity index (χ2n) is 5.61. The molecule has 1 saturated heterocycles. The monoisotopic (exact) mass is 309 g/mol. The molecular formula is C17H24ClNO2. The molecule has 2 rings (SSSR count). The van der Waals surface area contributed by atoms with Crippen LogP contribution in [0.15, 0.2) is 30.9 Å². The number of nitrogens with zero attached hydrogens (tertiary/aromatic N) is 1. The molecule has 0 radical (unpaired) electrons. The molecule has 1 aromatic carbocycles. The third-order valence-electron chi connectivity index (χ3n) is 3.55. The van der Waals surface area contributed by atoms with Crippen LogP contribution in [0.5, 0.6) is 5.75 Å². The first kappa shape index (κ1) is 16.3. The predicted molar refractivity (Wildman–Crippen MR) is 87.3 cm³/mol. The van der Waals surface area contributed by atoms with E-state index in [0.29, 0.717) is 18.8 Å². The minimum Gasteiger partial charge on any atom is -0.492 e. The Hall–Kier alpha value is -1.03. The Morgan fingerprint density at radius 2 is 2.10 bits per heavy atom. The molecule has 1 aliphatic heterocycles. The number of rotatable bonds is 6. The number of benzene rings is 1. The van der Waals surface area contributed by atoms with Gasteiger partial charge in [-0.3, -0.25) is 4.90 Å². The van der Waals surface area contributed by atoms with Crippen LogP contribution in [0.1, 0.15) is 19.4 Å². The molecule has 21 heavy (non-hydrogen) atoms. The van der Waals surface area contributed by atoms with Gasteiger partial charge in [0.15, 0.2) is 0 Å². The van der Waals surface area contributed by atoms with E-state index in [1.165, 1.54) is 0 Å². The smallest absolute Gasteiger partial charge is 0.122 e. The fourth-order valence-electron chi connectivity index (χ4n) is 2.76. The second kappa shape index (κ2) is 7.83. The van der Waals surface area contributed by atoms with Gasteiger partial charge in [-0.05, 0) is 44.0 Å². The van der Waals surface area contributed by atoms with Crippen LogP contribution in [0, 0.1) is 0 Å². The Labute approximate surface area is 132 Å². The molecule has 0 spiro atoms. The van der Waals surface area contributed by atoms with E-state index < -0.39 is 0 Å². The van der Waals surface area contributed by atoms with Crippen LogP contribution in [0.2, 0.25) is 5.02 Å². The summed E-state index contributed by atoms with van der Waals surface area (Å²) in [5.74, 6) is 0.897. The molecule has 3 nitrogen and oxygen atoms in total. The van der Waals surface area contributed by atoms with Crippen LogP contribution < -0.4 is 4.74 Å². The minimum absolute atomic E-state index is 0.292. The number of halogens is 1. The van der Waals surface area contributed by atoms with Gasteiger partial charge in [0.1, 0.15) is 12.4 Å². The standard InChI is InChI=1S/C17H24ClNO2/c1-4-5-15-10-16(18)6-7-17(15)20-9-8-19-11-13(2)21-14(3)12-19/h4,6-7,10,13-14H,1,5,8-9,11-12H2,2-3H3/t13-,14-/m0/s1. The lowest BCUT2D eigenvalue weighted by molar-refractivity contribution is -0.0699. The number of allylic oxidation sites excluding steroid dienone is 1. The van der Waals surface area contributed by atoms with Gasteiger partial charge in [-0.2, -0.15) is 0 Å². The van der Waals surface area contributed by atoms with Crippen molar-refractivity contribution in [2.45, 2.75) is 32.5 Å². The summed E-state index contributed by atoms with van der Waals surface area (Å²) in [7, 11) is 0. The van der Waals surface area contributed by atoms with E-state index in [-0.39, 0.29) is 0 Å². The number of morpholine rings is 1. The first-order valence-corrected chi connectivity index (χ1v) is 7.86. The summed E-state index contributed by atoms with van der Waals surface area (Å²) in [6.45, 7) is 11.5. The topological polar surface area (TPSA) is 21.7 Å². The first-order valence-electron chi connectivity index (χ1n) is 7.48. The molecule has 4 heteroatoms. The van der Waals surface area contributed by atoms with Crippen molar-refractivity contribution in [1.82, 2.24) is 4.90 Å². The van der Waals surface area contributed by atoms with Crippen molar-refractivity contribution >= 4 is 11.6 Å². The summed E-state index contributed by atoms with van der Waals surface area (Å²) in [6.07, 6.45) is 3.21. The first-order chi connectivity index (χ1) is 10.1. The van der Waals surface area contributed by atoms with Gasteiger partial charge < -0.3 is 9.47 Å². The zero-order valence-electron chi connectivity index (χ0n) is 12.8. The van der Waals surface area contributed by atoms with Crippen LogP contribution in [0.3, 0.4) is 0 Å². The van der Waals surface area contributed by atoms with E-state index in [1.807, 2.05) is 24.3 Å². The van der Waals surface area contributed by atoms with Gasteiger partial charge >= 0.3 is 0 Å². The lowest BCUT2D eigenvalue weighted by Gasteiger charge is -2.35. The molecule has 1 aliphatic rings. The van der Waals surface area contributed by atoms with Crippen LogP contribution in [-0.2, 0) is 11.2 Å². The number of hydrogen-bond donors (Lipinski definition) is 0. The Kier molecular flexibility index (Phi) is 6.09. The highest BCUT2D eigenvalue weighted by Crippen LogP contribution is 2.23. The molecule has 1 fully saturated rings. The van der Waals surface area contributed by atoms with Crippen molar-refractivity contribution in [3.8, 4) is 5.75 Å². The van der Waals surface area contributed by atoms with E-state index in [2.05, 4.69) is 25.3 Å². The van der Waals surface area contributed by atoms with Gasteiger partial charge in [-0.15, -0.1) is 6.58 Å². The maximum atomic E-state index is 6.03. The van der Waals surface area contributed by atoms with E-state index in [4.69, 9.17) is 21.1 Å². The van der Waals surface area contributed by atoms with E-state index >= 15 is 0 Å². The molecule has 1 heterocycles. The zero-order chi connectivity index (χ0) is 15.2. The van der Waals surface area contributed by atoms with E-state index in [0.717, 1.165) is 42.4 Å². The van der Waals surface area contributed by atoms with Crippen molar-refractivity contribution in [3.05, 3.63) is 41.4 Å². The lowest BCUT2D eigenvalue weighted by atomic mass is 10.1. The van der Waals surface area contributed by atoms with Crippen LogP contribution in [0.25, 0.3) is 0 Å². The molecule has 0 unspecified atom stereocenters. The quantitative estimate of drug-likeness (QED) is 0.750. The molecule has 0 amide bonds. The van der Waals surface area contributed by atoms with Gasteiger partial charge in [0, 0.05) is 24.7 Å². The van der Waals surface area contributed by atoms with E-state index in [9.17, 15) is 0 Å². The molecule has 116 valence electrons. The molecule has 0 bridgehead atoms. The molecule has 0 saturated carbocycles. The minimum atomic E-state index is 0.292. The van der Waals surface area contributed by atoms with Gasteiger partial charge in [0.2, 0.25) is 0 Å². The van der Waals surface area contributed by atoms with Crippen LogP contribution in [0.4, 0.5) is 0 Å². The highest BCUT2D eigenvalue weighted by molar-refractivity contribution is 6.30.